The number of benzene rings is 1. The van der Waals surface area contributed by atoms with Crippen molar-refractivity contribution < 1.29 is 5.11 Å². The molecule has 5 nitrogen and oxygen atoms in total. The van der Waals surface area contributed by atoms with Crippen LogP contribution in [0.3, 0.4) is 0 Å². The fourth-order valence-corrected chi connectivity index (χ4v) is 3.00. The molecule has 0 saturated heterocycles. The average Bonchev–Trinajstić information content (AvgIpc) is 3.08. The molecular weight excluding hydrogens is 276 g/mol. The maximum absolute atomic E-state index is 9.41. The summed E-state index contributed by atoms with van der Waals surface area (Å²) in [7, 11) is 0. The molecule has 116 valence electrons. The van der Waals surface area contributed by atoms with Crippen LogP contribution >= 0.6 is 0 Å². The molecule has 0 radical (unpaired) electrons. The van der Waals surface area contributed by atoms with Gasteiger partial charge in [-0.25, -0.2) is 9.97 Å². The van der Waals surface area contributed by atoms with Crippen molar-refractivity contribution in [1.82, 2.24) is 9.97 Å². The van der Waals surface area contributed by atoms with Gasteiger partial charge in [0.2, 0.25) is 0 Å². The standard InChI is InChI=1S/C17H22N4O/c18-9-10-19-15-11-20-17(13-5-7-14(22)8-6-13)21-16(15)12-3-1-2-4-12/h5-8,11-12,19,22H,1-4,9-10,18H2. The zero-order chi connectivity index (χ0) is 15.4. The topological polar surface area (TPSA) is 84.1 Å². The van der Waals surface area contributed by atoms with Crippen LogP contribution in [-0.4, -0.2) is 28.2 Å². The highest BCUT2D eigenvalue weighted by Gasteiger charge is 2.22. The SMILES string of the molecule is NCCNc1cnc(-c2ccc(O)cc2)nc1C1CCCC1. The van der Waals surface area contributed by atoms with Crippen molar-refractivity contribution >= 4 is 5.69 Å². The molecule has 0 aliphatic heterocycles. The number of phenolic OH excluding ortho intramolecular Hbond substituents is 1. The molecule has 5 heteroatoms. The number of hydrogen-bond donors (Lipinski definition) is 3. The second kappa shape index (κ2) is 6.75. The van der Waals surface area contributed by atoms with Crippen molar-refractivity contribution in [3.63, 3.8) is 0 Å². The number of aromatic nitrogens is 2. The lowest BCUT2D eigenvalue weighted by Gasteiger charge is -2.16. The Morgan fingerprint density at radius 2 is 1.91 bits per heavy atom. The third-order valence-corrected chi connectivity index (χ3v) is 4.15. The number of aromatic hydroxyl groups is 1. The molecule has 0 unspecified atom stereocenters. The molecule has 1 saturated carbocycles. The largest absolute Gasteiger partial charge is 0.508 e. The summed E-state index contributed by atoms with van der Waals surface area (Å²) in [6.07, 6.45) is 6.75. The van der Waals surface area contributed by atoms with Gasteiger partial charge in [0.05, 0.1) is 17.6 Å². The molecule has 2 aromatic rings. The normalized spacial score (nSPS) is 15.1. The molecule has 0 atom stereocenters. The molecular formula is C17H22N4O. The number of nitrogens with two attached hydrogens (primary N) is 1. The first-order chi connectivity index (χ1) is 10.8. The number of phenols is 1. The Labute approximate surface area is 130 Å². The summed E-state index contributed by atoms with van der Waals surface area (Å²) in [6, 6.07) is 7.01. The van der Waals surface area contributed by atoms with Crippen molar-refractivity contribution in [3.05, 3.63) is 36.2 Å². The fraction of sp³-hybridized carbons (Fsp3) is 0.412. The van der Waals surface area contributed by atoms with E-state index in [9.17, 15) is 5.11 Å². The predicted molar refractivity (Wildman–Crippen MR) is 87.9 cm³/mol. The Morgan fingerprint density at radius 1 is 1.18 bits per heavy atom. The molecule has 1 aliphatic carbocycles. The zero-order valence-corrected chi connectivity index (χ0v) is 12.6. The fourth-order valence-electron chi connectivity index (χ4n) is 3.00. The number of rotatable bonds is 5. The third-order valence-electron chi connectivity index (χ3n) is 4.15. The minimum absolute atomic E-state index is 0.251. The van der Waals surface area contributed by atoms with E-state index in [-0.39, 0.29) is 5.75 Å². The van der Waals surface area contributed by atoms with Crippen LogP contribution in [0.5, 0.6) is 5.75 Å². The van der Waals surface area contributed by atoms with Crippen molar-refractivity contribution in [2.75, 3.05) is 18.4 Å². The Balaban J connectivity index is 1.95. The Bertz CT molecular complexity index is 621. The summed E-state index contributed by atoms with van der Waals surface area (Å²) < 4.78 is 0. The molecule has 0 bridgehead atoms. The lowest BCUT2D eigenvalue weighted by molar-refractivity contribution is 0.475. The predicted octanol–water partition coefficient (Wildman–Crippen LogP) is 2.88. The first kappa shape index (κ1) is 14.8. The average molecular weight is 298 g/mol. The number of hydrogen-bond acceptors (Lipinski definition) is 5. The molecule has 1 fully saturated rings. The van der Waals surface area contributed by atoms with E-state index in [4.69, 9.17) is 10.7 Å². The van der Waals surface area contributed by atoms with Crippen LogP contribution in [-0.2, 0) is 0 Å². The van der Waals surface area contributed by atoms with Gasteiger partial charge in [0.15, 0.2) is 5.82 Å². The van der Waals surface area contributed by atoms with Crippen LogP contribution in [0.2, 0.25) is 0 Å². The molecule has 1 aromatic carbocycles. The second-order valence-corrected chi connectivity index (χ2v) is 5.74. The summed E-state index contributed by atoms with van der Waals surface area (Å²) in [4.78, 5) is 9.28. The number of anilines is 1. The summed E-state index contributed by atoms with van der Waals surface area (Å²) in [5, 5.41) is 12.7. The van der Waals surface area contributed by atoms with Crippen LogP contribution < -0.4 is 11.1 Å². The first-order valence-electron chi connectivity index (χ1n) is 7.88. The van der Waals surface area contributed by atoms with E-state index in [2.05, 4.69) is 10.3 Å². The quantitative estimate of drug-likeness (QED) is 0.790. The molecule has 0 spiro atoms. The molecule has 1 heterocycles. The monoisotopic (exact) mass is 298 g/mol. The van der Waals surface area contributed by atoms with E-state index in [1.165, 1.54) is 25.7 Å². The molecule has 0 amide bonds. The minimum atomic E-state index is 0.251. The lowest BCUT2D eigenvalue weighted by Crippen LogP contribution is -2.16. The van der Waals surface area contributed by atoms with Gasteiger partial charge in [-0.1, -0.05) is 12.8 Å². The third kappa shape index (κ3) is 3.20. The van der Waals surface area contributed by atoms with Crippen LogP contribution in [0, 0.1) is 0 Å². The van der Waals surface area contributed by atoms with Crippen molar-refractivity contribution in [3.8, 4) is 17.1 Å². The van der Waals surface area contributed by atoms with Gasteiger partial charge >= 0.3 is 0 Å². The highest BCUT2D eigenvalue weighted by Crippen LogP contribution is 2.37. The van der Waals surface area contributed by atoms with Crippen LogP contribution in [0.1, 0.15) is 37.3 Å². The van der Waals surface area contributed by atoms with Gasteiger partial charge in [0.1, 0.15) is 5.75 Å². The summed E-state index contributed by atoms with van der Waals surface area (Å²) in [5.41, 5.74) is 8.61. The molecule has 1 aliphatic rings. The van der Waals surface area contributed by atoms with Crippen molar-refractivity contribution in [2.24, 2.45) is 5.73 Å². The highest BCUT2D eigenvalue weighted by molar-refractivity contribution is 5.59. The van der Waals surface area contributed by atoms with Gasteiger partial charge in [-0.05, 0) is 37.1 Å². The molecule has 3 rings (SSSR count). The van der Waals surface area contributed by atoms with Crippen LogP contribution in [0.25, 0.3) is 11.4 Å². The Kier molecular flexibility index (Phi) is 4.53. The first-order valence-corrected chi connectivity index (χ1v) is 7.88. The van der Waals surface area contributed by atoms with E-state index in [0.717, 1.165) is 23.5 Å². The summed E-state index contributed by atoms with van der Waals surface area (Å²) >= 11 is 0. The van der Waals surface area contributed by atoms with E-state index in [1.54, 1.807) is 12.1 Å². The van der Waals surface area contributed by atoms with E-state index in [0.29, 0.717) is 18.3 Å². The van der Waals surface area contributed by atoms with Crippen molar-refractivity contribution in [2.45, 2.75) is 31.6 Å². The highest BCUT2D eigenvalue weighted by atomic mass is 16.3. The van der Waals surface area contributed by atoms with E-state index >= 15 is 0 Å². The van der Waals surface area contributed by atoms with Crippen LogP contribution in [0.15, 0.2) is 30.5 Å². The number of nitrogens with zero attached hydrogens (tertiary/aromatic N) is 2. The molecule has 4 N–H and O–H groups in total. The smallest absolute Gasteiger partial charge is 0.159 e. The summed E-state index contributed by atoms with van der Waals surface area (Å²) in [5.74, 6) is 1.46. The van der Waals surface area contributed by atoms with Gasteiger partial charge in [-0.15, -0.1) is 0 Å². The van der Waals surface area contributed by atoms with E-state index < -0.39 is 0 Å². The van der Waals surface area contributed by atoms with Gasteiger partial charge < -0.3 is 16.2 Å². The maximum atomic E-state index is 9.41. The maximum Gasteiger partial charge on any atom is 0.159 e. The lowest BCUT2D eigenvalue weighted by atomic mass is 10.0. The van der Waals surface area contributed by atoms with E-state index in [1.807, 2.05) is 18.3 Å². The Morgan fingerprint density at radius 3 is 2.59 bits per heavy atom. The van der Waals surface area contributed by atoms with Crippen molar-refractivity contribution in [1.29, 1.82) is 0 Å². The summed E-state index contributed by atoms with van der Waals surface area (Å²) in [6.45, 7) is 1.31. The minimum Gasteiger partial charge on any atom is -0.508 e. The molecule has 1 aromatic heterocycles. The molecule has 22 heavy (non-hydrogen) atoms. The van der Waals surface area contributed by atoms with Crippen LogP contribution in [0.4, 0.5) is 5.69 Å². The van der Waals surface area contributed by atoms with Gasteiger partial charge in [-0.3, -0.25) is 0 Å². The number of nitrogens with one attached hydrogen (secondary N) is 1. The second-order valence-electron chi connectivity index (χ2n) is 5.74. The Hall–Kier alpha value is -2.14. The zero-order valence-electron chi connectivity index (χ0n) is 12.6. The van der Waals surface area contributed by atoms with Gasteiger partial charge in [0, 0.05) is 24.6 Å². The van der Waals surface area contributed by atoms with Gasteiger partial charge in [0.25, 0.3) is 0 Å². The van der Waals surface area contributed by atoms with Gasteiger partial charge in [-0.2, -0.15) is 0 Å².